The van der Waals surface area contributed by atoms with E-state index in [-0.39, 0.29) is 0 Å². The number of hydrogen-bond acceptors (Lipinski definition) is 6. The Balaban J connectivity index is 1.72. The molecule has 0 N–H and O–H groups in total. The number of benzene rings is 2. The van der Waals surface area contributed by atoms with Gasteiger partial charge in [-0.15, -0.1) is 0 Å². The molecule has 138 valence electrons. The Bertz CT molecular complexity index is 888. The summed E-state index contributed by atoms with van der Waals surface area (Å²) in [4.78, 5) is 25.6. The number of anilines is 1. The molecule has 3 rings (SSSR count). The van der Waals surface area contributed by atoms with Gasteiger partial charge in [0.2, 0.25) is 0 Å². The Morgan fingerprint density at radius 2 is 1.96 bits per heavy atom. The van der Waals surface area contributed by atoms with Crippen molar-refractivity contribution in [2.45, 2.75) is 19.1 Å². The molecule has 2 atom stereocenters. The highest BCUT2D eigenvalue weighted by atomic mass is 16.6. The number of carbonyl (C=O) groups excluding carboxylic acids is 2. The number of carbonyl (C=O) groups is 2. The summed E-state index contributed by atoms with van der Waals surface area (Å²) >= 11 is 0. The van der Waals surface area contributed by atoms with Crippen molar-refractivity contribution >= 4 is 17.7 Å². The quantitative estimate of drug-likeness (QED) is 0.755. The summed E-state index contributed by atoms with van der Waals surface area (Å²) in [7, 11) is 1.30. The van der Waals surface area contributed by atoms with Crippen molar-refractivity contribution in [3.8, 4) is 11.8 Å². The van der Waals surface area contributed by atoms with Crippen molar-refractivity contribution in [3.05, 3.63) is 59.7 Å². The van der Waals surface area contributed by atoms with Crippen LogP contribution in [0.2, 0.25) is 0 Å². The fourth-order valence-corrected chi connectivity index (χ4v) is 2.78. The van der Waals surface area contributed by atoms with E-state index in [0.29, 0.717) is 29.1 Å². The van der Waals surface area contributed by atoms with Crippen molar-refractivity contribution in [1.82, 2.24) is 0 Å². The van der Waals surface area contributed by atoms with Gasteiger partial charge >= 0.3 is 12.1 Å². The Kier molecular flexibility index (Phi) is 5.27. The third-order valence-electron chi connectivity index (χ3n) is 4.27. The zero-order valence-corrected chi connectivity index (χ0v) is 14.9. The molecule has 1 amide bonds. The topological polar surface area (TPSA) is 88.9 Å². The molecule has 2 aromatic carbocycles. The standard InChI is InChI=1S/C20H18N2O5/c1-13(26-17-6-4-3-5-16(17)19(23)25-2)18-12-22(20(24)27-18)15-9-7-14(11-21)8-10-15/h3-10,13,18H,12H2,1-2H3. The van der Waals surface area contributed by atoms with Crippen molar-refractivity contribution in [1.29, 1.82) is 5.26 Å². The normalized spacial score (nSPS) is 17.0. The summed E-state index contributed by atoms with van der Waals surface area (Å²) in [6.45, 7) is 2.07. The summed E-state index contributed by atoms with van der Waals surface area (Å²) in [5.74, 6) is -0.134. The second-order valence-corrected chi connectivity index (χ2v) is 6.00. The minimum Gasteiger partial charge on any atom is -0.486 e. The van der Waals surface area contributed by atoms with Gasteiger partial charge in [-0.2, -0.15) is 5.26 Å². The number of ether oxygens (including phenoxy) is 3. The van der Waals surface area contributed by atoms with E-state index in [0.717, 1.165) is 0 Å². The van der Waals surface area contributed by atoms with Crippen LogP contribution in [0.15, 0.2) is 48.5 Å². The molecule has 2 aromatic rings. The number of amides is 1. The van der Waals surface area contributed by atoms with E-state index in [4.69, 9.17) is 19.5 Å². The van der Waals surface area contributed by atoms with Gasteiger partial charge in [-0.05, 0) is 43.3 Å². The van der Waals surface area contributed by atoms with Crippen molar-refractivity contribution in [3.63, 3.8) is 0 Å². The number of para-hydroxylation sites is 1. The second-order valence-electron chi connectivity index (χ2n) is 6.00. The minimum atomic E-state index is -0.515. The van der Waals surface area contributed by atoms with Gasteiger partial charge in [0, 0.05) is 5.69 Å². The molecule has 0 aromatic heterocycles. The average molecular weight is 366 g/mol. The molecule has 7 nitrogen and oxygen atoms in total. The van der Waals surface area contributed by atoms with Gasteiger partial charge in [0.05, 0.1) is 25.3 Å². The molecule has 0 spiro atoms. The fraction of sp³-hybridized carbons (Fsp3) is 0.250. The Labute approximate surface area is 156 Å². The first-order valence-electron chi connectivity index (χ1n) is 8.35. The van der Waals surface area contributed by atoms with Crippen LogP contribution >= 0.6 is 0 Å². The lowest BCUT2D eigenvalue weighted by atomic mass is 10.1. The monoisotopic (exact) mass is 366 g/mol. The van der Waals surface area contributed by atoms with Crippen LogP contribution in [0.1, 0.15) is 22.8 Å². The second kappa shape index (κ2) is 7.79. The van der Waals surface area contributed by atoms with Crippen LogP contribution < -0.4 is 9.64 Å². The van der Waals surface area contributed by atoms with Crippen LogP contribution in [0.4, 0.5) is 10.5 Å². The van der Waals surface area contributed by atoms with Gasteiger partial charge in [-0.1, -0.05) is 12.1 Å². The van der Waals surface area contributed by atoms with Crippen molar-refractivity contribution < 1.29 is 23.8 Å². The molecule has 1 aliphatic rings. The highest BCUT2D eigenvalue weighted by Gasteiger charge is 2.37. The molecule has 2 unspecified atom stereocenters. The highest BCUT2D eigenvalue weighted by Crippen LogP contribution is 2.26. The Hall–Kier alpha value is -3.53. The molecule has 0 bridgehead atoms. The van der Waals surface area contributed by atoms with Crippen LogP contribution in [-0.2, 0) is 9.47 Å². The maximum atomic E-state index is 12.2. The molecular weight excluding hydrogens is 348 g/mol. The van der Waals surface area contributed by atoms with Crippen LogP contribution in [0, 0.1) is 11.3 Å². The molecule has 0 radical (unpaired) electrons. The van der Waals surface area contributed by atoms with Gasteiger partial charge < -0.3 is 14.2 Å². The predicted octanol–water partition coefficient (Wildman–Crippen LogP) is 3.14. The van der Waals surface area contributed by atoms with Crippen LogP contribution in [0.3, 0.4) is 0 Å². The zero-order chi connectivity index (χ0) is 19.4. The number of methoxy groups -OCH3 is 1. The number of rotatable bonds is 5. The Morgan fingerprint density at radius 1 is 1.26 bits per heavy atom. The first kappa shape index (κ1) is 18.3. The molecule has 1 heterocycles. The van der Waals surface area contributed by atoms with Crippen LogP contribution in [-0.4, -0.2) is 37.9 Å². The molecule has 27 heavy (non-hydrogen) atoms. The molecule has 0 saturated carbocycles. The van der Waals surface area contributed by atoms with Crippen molar-refractivity contribution in [2.24, 2.45) is 0 Å². The molecule has 1 fully saturated rings. The molecule has 7 heteroatoms. The van der Waals surface area contributed by atoms with Gasteiger partial charge in [0.1, 0.15) is 17.4 Å². The molecule has 1 aliphatic heterocycles. The van der Waals surface area contributed by atoms with Gasteiger partial charge in [0.15, 0.2) is 6.10 Å². The van der Waals surface area contributed by atoms with Crippen molar-refractivity contribution in [2.75, 3.05) is 18.6 Å². The fourth-order valence-electron chi connectivity index (χ4n) is 2.78. The summed E-state index contributed by atoms with van der Waals surface area (Å²) in [5, 5.41) is 8.88. The van der Waals surface area contributed by atoms with E-state index in [9.17, 15) is 9.59 Å². The van der Waals surface area contributed by atoms with E-state index in [1.54, 1.807) is 55.5 Å². The SMILES string of the molecule is COC(=O)c1ccccc1OC(C)C1CN(c2ccc(C#N)cc2)C(=O)O1. The maximum absolute atomic E-state index is 12.2. The van der Waals surface area contributed by atoms with Crippen LogP contribution in [0.25, 0.3) is 0 Å². The summed E-state index contributed by atoms with van der Waals surface area (Å²) < 4.78 is 16.1. The molecular formula is C20H18N2O5. The first-order valence-corrected chi connectivity index (χ1v) is 8.35. The van der Waals surface area contributed by atoms with E-state index in [1.807, 2.05) is 6.07 Å². The highest BCUT2D eigenvalue weighted by molar-refractivity contribution is 5.92. The smallest absolute Gasteiger partial charge is 0.414 e. The van der Waals surface area contributed by atoms with E-state index < -0.39 is 24.3 Å². The number of nitrogens with zero attached hydrogens (tertiary/aromatic N) is 2. The third kappa shape index (κ3) is 3.85. The lowest BCUT2D eigenvalue weighted by Gasteiger charge is -2.20. The predicted molar refractivity (Wildman–Crippen MR) is 96.6 cm³/mol. The number of nitriles is 1. The number of cyclic esters (lactones) is 1. The summed E-state index contributed by atoms with van der Waals surface area (Å²) in [6.07, 6.45) is -1.48. The molecule has 0 aliphatic carbocycles. The number of esters is 1. The lowest BCUT2D eigenvalue weighted by Crippen LogP contribution is -2.33. The van der Waals surface area contributed by atoms with Crippen LogP contribution in [0.5, 0.6) is 5.75 Å². The lowest BCUT2D eigenvalue weighted by molar-refractivity contribution is 0.0514. The first-order chi connectivity index (χ1) is 13.0. The van der Waals surface area contributed by atoms with E-state index >= 15 is 0 Å². The largest absolute Gasteiger partial charge is 0.486 e. The third-order valence-corrected chi connectivity index (χ3v) is 4.27. The zero-order valence-electron chi connectivity index (χ0n) is 14.9. The van der Waals surface area contributed by atoms with Gasteiger partial charge in [0.25, 0.3) is 0 Å². The van der Waals surface area contributed by atoms with Gasteiger partial charge in [-0.3, -0.25) is 4.90 Å². The average Bonchev–Trinajstić information content (AvgIpc) is 3.09. The van der Waals surface area contributed by atoms with Gasteiger partial charge in [-0.25, -0.2) is 9.59 Å². The summed E-state index contributed by atoms with van der Waals surface area (Å²) in [6, 6.07) is 15.4. The van der Waals surface area contributed by atoms with E-state index in [1.165, 1.54) is 12.0 Å². The minimum absolute atomic E-state index is 0.298. The maximum Gasteiger partial charge on any atom is 0.414 e. The van der Waals surface area contributed by atoms with E-state index in [2.05, 4.69) is 0 Å². The number of hydrogen-bond donors (Lipinski definition) is 0. The Morgan fingerprint density at radius 3 is 2.63 bits per heavy atom. The summed E-state index contributed by atoms with van der Waals surface area (Å²) in [5.41, 5.74) is 1.46. The molecule has 1 saturated heterocycles.